The standard InChI is InChI=1S/C24H25FN6O/c1-14-10-18-17(21(26)32)8-5-9-20(18)31(14)23-29-13-19(24(2,3)27)22(30-23)28-12-15-6-4-7-16(25)11-15/h4-11,13H,12,27H2,1-3H3,(H2,26,32)(H,28,29,30). The van der Waals surface area contributed by atoms with Gasteiger partial charge in [0, 0.05) is 40.5 Å². The lowest BCUT2D eigenvalue weighted by Gasteiger charge is -2.23. The average Bonchev–Trinajstić information content (AvgIpc) is 3.07. The van der Waals surface area contributed by atoms with Gasteiger partial charge in [-0.05, 0) is 56.7 Å². The van der Waals surface area contributed by atoms with Gasteiger partial charge in [-0.2, -0.15) is 4.98 Å². The normalized spacial score (nSPS) is 11.7. The van der Waals surface area contributed by atoms with Gasteiger partial charge in [0.25, 0.3) is 0 Å². The van der Waals surface area contributed by atoms with Crippen LogP contribution in [0.4, 0.5) is 10.2 Å². The van der Waals surface area contributed by atoms with Gasteiger partial charge in [0.2, 0.25) is 11.9 Å². The SMILES string of the molecule is Cc1cc2c(C(N)=O)cccc2n1-c1ncc(C(C)(C)N)c(NCc2cccc(F)c2)n1. The van der Waals surface area contributed by atoms with Gasteiger partial charge >= 0.3 is 0 Å². The number of fused-ring (bicyclic) bond motifs is 1. The van der Waals surface area contributed by atoms with Gasteiger partial charge in [-0.3, -0.25) is 9.36 Å². The summed E-state index contributed by atoms with van der Waals surface area (Å²) in [6, 6.07) is 13.6. The zero-order valence-corrected chi connectivity index (χ0v) is 18.2. The maximum absolute atomic E-state index is 13.6. The molecule has 1 amide bonds. The van der Waals surface area contributed by atoms with Crippen LogP contribution in [0.25, 0.3) is 16.9 Å². The lowest BCUT2D eigenvalue weighted by Crippen LogP contribution is -2.30. The van der Waals surface area contributed by atoms with Gasteiger partial charge in [-0.1, -0.05) is 18.2 Å². The van der Waals surface area contributed by atoms with E-state index >= 15 is 0 Å². The van der Waals surface area contributed by atoms with Crippen molar-refractivity contribution in [1.29, 1.82) is 0 Å². The zero-order chi connectivity index (χ0) is 23.0. The molecule has 0 unspecified atom stereocenters. The molecule has 4 aromatic rings. The van der Waals surface area contributed by atoms with Crippen LogP contribution < -0.4 is 16.8 Å². The number of rotatable bonds is 6. The number of anilines is 1. The molecule has 2 heterocycles. The second kappa shape index (κ2) is 8.05. The molecule has 5 N–H and O–H groups in total. The first-order chi connectivity index (χ1) is 15.1. The second-order valence-corrected chi connectivity index (χ2v) is 8.36. The number of amides is 1. The Hall–Kier alpha value is -3.78. The number of nitrogens with zero attached hydrogens (tertiary/aromatic N) is 3. The molecule has 0 bridgehead atoms. The number of aromatic nitrogens is 3. The van der Waals surface area contributed by atoms with Gasteiger partial charge in [-0.15, -0.1) is 0 Å². The Morgan fingerprint density at radius 3 is 2.62 bits per heavy atom. The van der Waals surface area contributed by atoms with Crippen molar-refractivity contribution in [2.24, 2.45) is 11.5 Å². The van der Waals surface area contributed by atoms with E-state index in [2.05, 4.69) is 10.3 Å². The van der Waals surface area contributed by atoms with E-state index in [1.807, 2.05) is 43.5 Å². The van der Waals surface area contributed by atoms with E-state index in [-0.39, 0.29) is 5.82 Å². The number of aryl methyl sites for hydroxylation is 1. The minimum Gasteiger partial charge on any atom is -0.366 e. The third kappa shape index (κ3) is 4.04. The quantitative estimate of drug-likeness (QED) is 0.429. The average molecular weight is 433 g/mol. The number of carbonyl (C=O) groups excluding carboxylic acids is 1. The topological polar surface area (TPSA) is 112 Å². The highest BCUT2D eigenvalue weighted by molar-refractivity contribution is 6.06. The van der Waals surface area contributed by atoms with Crippen LogP contribution in [-0.4, -0.2) is 20.4 Å². The first kappa shape index (κ1) is 21.5. The molecule has 8 heteroatoms. The molecule has 0 atom stereocenters. The molecule has 0 aliphatic rings. The molecule has 4 rings (SSSR count). The lowest BCUT2D eigenvalue weighted by molar-refractivity contribution is 0.100. The molecule has 0 aliphatic heterocycles. The minimum absolute atomic E-state index is 0.299. The molecule has 7 nitrogen and oxygen atoms in total. The van der Waals surface area contributed by atoms with Crippen molar-refractivity contribution in [3.05, 3.63) is 82.9 Å². The third-order valence-electron chi connectivity index (χ3n) is 5.31. The molecule has 0 spiro atoms. The largest absolute Gasteiger partial charge is 0.366 e. The predicted molar refractivity (Wildman–Crippen MR) is 123 cm³/mol. The van der Waals surface area contributed by atoms with Crippen LogP contribution in [0.3, 0.4) is 0 Å². The third-order valence-corrected chi connectivity index (χ3v) is 5.31. The summed E-state index contributed by atoms with van der Waals surface area (Å²) in [5.41, 5.74) is 14.8. The Labute approximate surface area is 185 Å². The molecule has 0 radical (unpaired) electrons. The number of nitrogens with one attached hydrogen (secondary N) is 1. The Kier molecular flexibility index (Phi) is 5.40. The molecule has 164 valence electrons. The number of nitrogens with two attached hydrogens (primary N) is 2. The van der Waals surface area contributed by atoms with E-state index in [1.54, 1.807) is 24.4 Å². The molecule has 2 aromatic carbocycles. The van der Waals surface area contributed by atoms with Crippen LogP contribution in [0, 0.1) is 12.7 Å². The highest BCUT2D eigenvalue weighted by Crippen LogP contribution is 2.29. The van der Waals surface area contributed by atoms with E-state index in [1.165, 1.54) is 12.1 Å². The highest BCUT2D eigenvalue weighted by Gasteiger charge is 2.22. The lowest BCUT2D eigenvalue weighted by atomic mass is 9.97. The number of hydrogen-bond acceptors (Lipinski definition) is 5. The number of benzene rings is 2. The summed E-state index contributed by atoms with van der Waals surface area (Å²) in [5.74, 6) is 0.186. The molecular weight excluding hydrogens is 407 g/mol. The van der Waals surface area contributed by atoms with Gasteiger partial charge in [-0.25, -0.2) is 9.37 Å². The maximum atomic E-state index is 13.6. The van der Waals surface area contributed by atoms with Crippen LogP contribution in [-0.2, 0) is 12.1 Å². The Morgan fingerprint density at radius 2 is 1.94 bits per heavy atom. The van der Waals surface area contributed by atoms with Crippen LogP contribution in [0.1, 0.15) is 41.0 Å². The summed E-state index contributed by atoms with van der Waals surface area (Å²) >= 11 is 0. The first-order valence-electron chi connectivity index (χ1n) is 10.2. The Balaban J connectivity index is 1.81. The minimum atomic E-state index is -0.699. The smallest absolute Gasteiger partial charge is 0.249 e. The molecule has 0 fully saturated rings. The Morgan fingerprint density at radius 1 is 1.19 bits per heavy atom. The van der Waals surface area contributed by atoms with Crippen molar-refractivity contribution < 1.29 is 9.18 Å². The number of halogens is 1. The van der Waals surface area contributed by atoms with E-state index in [9.17, 15) is 9.18 Å². The first-order valence-corrected chi connectivity index (χ1v) is 10.2. The van der Waals surface area contributed by atoms with Crippen molar-refractivity contribution in [3.63, 3.8) is 0 Å². The fraction of sp³-hybridized carbons (Fsp3) is 0.208. The summed E-state index contributed by atoms with van der Waals surface area (Å²) in [6.07, 6.45) is 1.69. The monoisotopic (exact) mass is 432 g/mol. The molecule has 0 saturated carbocycles. The predicted octanol–water partition coefficient (Wildman–Crippen LogP) is 3.77. The fourth-order valence-electron chi connectivity index (χ4n) is 3.76. The van der Waals surface area contributed by atoms with Crippen LogP contribution >= 0.6 is 0 Å². The molecule has 32 heavy (non-hydrogen) atoms. The van der Waals surface area contributed by atoms with E-state index < -0.39 is 11.4 Å². The van der Waals surface area contributed by atoms with E-state index in [0.717, 1.165) is 27.7 Å². The molecule has 2 aromatic heterocycles. The summed E-state index contributed by atoms with van der Waals surface area (Å²) in [5, 5.41) is 4.01. The van der Waals surface area contributed by atoms with Crippen LogP contribution in [0.2, 0.25) is 0 Å². The molecule has 0 aliphatic carbocycles. The van der Waals surface area contributed by atoms with Gasteiger partial charge in [0.15, 0.2) is 0 Å². The zero-order valence-electron chi connectivity index (χ0n) is 18.2. The van der Waals surface area contributed by atoms with Crippen molar-refractivity contribution in [1.82, 2.24) is 14.5 Å². The highest BCUT2D eigenvalue weighted by atomic mass is 19.1. The molecule has 0 saturated heterocycles. The van der Waals surface area contributed by atoms with Gasteiger partial charge in [0.05, 0.1) is 5.52 Å². The summed E-state index contributed by atoms with van der Waals surface area (Å²) in [7, 11) is 0. The summed E-state index contributed by atoms with van der Waals surface area (Å²) < 4.78 is 15.4. The summed E-state index contributed by atoms with van der Waals surface area (Å²) in [6.45, 7) is 6.02. The van der Waals surface area contributed by atoms with E-state index in [4.69, 9.17) is 16.5 Å². The van der Waals surface area contributed by atoms with E-state index in [0.29, 0.717) is 23.9 Å². The Bertz CT molecular complexity index is 1320. The van der Waals surface area contributed by atoms with Crippen molar-refractivity contribution in [2.45, 2.75) is 32.9 Å². The number of hydrogen-bond donors (Lipinski definition) is 3. The van der Waals surface area contributed by atoms with Crippen molar-refractivity contribution in [2.75, 3.05) is 5.32 Å². The van der Waals surface area contributed by atoms with Crippen molar-refractivity contribution in [3.8, 4) is 5.95 Å². The van der Waals surface area contributed by atoms with Crippen molar-refractivity contribution >= 4 is 22.6 Å². The molecular formula is C24H25FN6O. The van der Waals surface area contributed by atoms with Gasteiger partial charge in [0.1, 0.15) is 11.6 Å². The maximum Gasteiger partial charge on any atom is 0.249 e. The van der Waals surface area contributed by atoms with Gasteiger partial charge < -0.3 is 16.8 Å². The van der Waals surface area contributed by atoms with Crippen LogP contribution in [0.5, 0.6) is 0 Å². The number of primary amides is 1. The van der Waals surface area contributed by atoms with Crippen LogP contribution in [0.15, 0.2) is 54.7 Å². The second-order valence-electron chi connectivity index (χ2n) is 8.36. The summed E-state index contributed by atoms with van der Waals surface area (Å²) in [4.78, 5) is 21.2. The fourth-order valence-corrected chi connectivity index (χ4v) is 3.76. The number of carbonyl (C=O) groups is 1.